The van der Waals surface area contributed by atoms with Gasteiger partial charge in [-0.1, -0.05) is 25.5 Å². The highest BCUT2D eigenvalue weighted by Gasteiger charge is 2.15. The molecule has 136 valence electrons. The van der Waals surface area contributed by atoms with Crippen LogP contribution in [0.15, 0.2) is 52.9 Å². The van der Waals surface area contributed by atoms with Gasteiger partial charge in [0.1, 0.15) is 0 Å². The van der Waals surface area contributed by atoms with Crippen LogP contribution in [0.2, 0.25) is 0 Å². The molecule has 0 atom stereocenters. The SMILES string of the molecule is CCC(C)=C(/C=C(\CC)c1ccccn1)/C(C)=C(\C)N1CCCCC1. The Labute approximate surface area is 154 Å². The van der Waals surface area contributed by atoms with Gasteiger partial charge >= 0.3 is 0 Å². The smallest absolute Gasteiger partial charge is 0.0661 e. The molecule has 0 aromatic carbocycles. The van der Waals surface area contributed by atoms with E-state index in [1.54, 1.807) is 0 Å². The van der Waals surface area contributed by atoms with Gasteiger partial charge in [-0.05, 0) is 87.8 Å². The zero-order valence-corrected chi connectivity index (χ0v) is 16.7. The molecule has 1 aliphatic rings. The third-order valence-corrected chi connectivity index (χ3v) is 5.46. The molecular weight excluding hydrogens is 304 g/mol. The lowest BCUT2D eigenvalue weighted by molar-refractivity contribution is 0.284. The van der Waals surface area contributed by atoms with Crippen LogP contribution >= 0.6 is 0 Å². The average Bonchev–Trinajstić information content (AvgIpc) is 2.68. The Morgan fingerprint density at radius 1 is 1.04 bits per heavy atom. The summed E-state index contributed by atoms with van der Waals surface area (Å²) in [5.74, 6) is 0. The molecule has 2 nitrogen and oxygen atoms in total. The van der Waals surface area contributed by atoms with E-state index in [4.69, 9.17) is 0 Å². The van der Waals surface area contributed by atoms with Gasteiger partial charge in [0.15, 0.2) is 0 Å². The van der Waals surface area contributed by atoms with Crippen molar-refractivity contribution in [2.75, 3.05) is 13.1 Å². The molecule has 0 bridgehead atoms. The van der Waals surface area contributed by atoms with Crippen LogP contribution in [0, 0.1) is 0 Å². The van der Waals surface area contributed by atoms with Gasteiger partial charge in [0.25, 0.3) is 0 Å². The average molecular weight is 339 g/mol. The van der Waals surface area contributed by atoms with Gasteiger partial charge in [-0.2, -0.15) is 0 Å². The van der Waals surface area contributed by atoms with E-state index >= 15 is 0 Å². The summed E-state index contributed by atoms with van der Waals surface area (Å²) in [7, 11) is 0. The van der Waals surface area contributed by atoms with Crippen molar-refractivity contribution in [1.29, 1.82) is 0 Å². The van der Waals surface area contributed by atoms with Crippen molar-refractivity contribution in [1.82, 2.24) is 9.88 Å². The topological polar surface area (TPSA) is 16.1 Å². The first-order valence-electron chi connectivity index (χ1n) is 9.83. The van der Waals surface area contributed by atoms with Crippen molar-refractivity contribution in [3.05, 3.63) is 58.6 Å². The summed E-state index contributed by atoms with van der Waals surface area (Å²) in [6.07, 6.45) is 10.4. The minimum Gasteiger partial charge on any atom is -0.375 e. The van der Waals surface area contributed by atoms with E-state index in [9.17, 15) is 0 Å². The van der Waals surface area contributed by atoms with E-state index in [1.807, 2.05) is 12.3 Å². The maximum Gasteiger partial charge on any atom is 0.0661 e. The van der Waals surface area contributed by atoms with Crippen molar-refractivity contribution < 1.29 is 0 Å². The van der Waals surface area contributed by atoms with E-state index in [-0.39, 0.29) is 0 Å². The highest BCUT2D eigenvalue weighted by Crippen LogP contribution is 2.28. The van der Waals surface area contributed by atoms with Crippen LogP contribution in [0.4, 0.5) is 0 Å². The van der Waals surface area contributed by atoms with Crippen molar-refractivity contribution in [3.8, 4) is 0 Å². The number of allylic oxidation sites excluding steroid dienone is 6. The van der Waals surface area contributed by atoms with Crippen LogP contribution in [0.5, 0.6) is 0 Å². The molecule has 1 aliphatic heterocycles. The molecule has 0 radical (unpaired) electrons. The van der Waals surface area contributed by atoms with Gasteiger partial charge in [-0.25, -0.2) is 0 Å². The largest absolute Gasteiger partial charge is 0.375 e. The Morgan fingerprint density at radius 2 is 1.76 bits per heavy atom. The summed E-state index contributed by atoms with van der Waals surface area (Å²) < 4.78 is 0. The highest BCUT2D eigenvalue weighted by molar-refractivity contribution is 5.68. The molecule has 0 saturated carbocycles. The Morgan fingerprint density at radius 3 is 2.32 bits per heavy atom. The minimum atomic E-state index is 0.994. The second-order valence-corrected chi connectivity index (χ2v) is 7.04. The van der Waals surface area contributed by atoms with Gasteiger partial charge in [0, 0.05) is 25.0 Å². The second-order valence-electron chi connectivity index (χ2n) is 7.04. The lowest BCUT2D eigenvalue weighted by Gasteiger charge is -2.31. The molecule has 1 aromatic rings. The van der Waals surface area contributed by atoms with E-state index in [1.165, 1.54) is 60.3 Å². The van der Waals surface area contributed by atoms with E-state index < -0.39 is 0 Å². The van der Waals surface area contributed by atoms with Gasteiger partial charge in [-0.3, -0.25) is 4.98 Å². The monoisotopic (exact) mass is 338 g/mol. The fourth-order valence-corrected chi connectivity index (χ4v) is 3.49. The molecule has 2 rings (SSSR count). The first-order valence-corrected chi connectivity index (χ1v) is 9.83. The predicted octanol–water partition coefficient (Wildman–Crippen LogP) is 6.38. The summed E-state index contributed by atoms with van der Waals surface area (Å²) in [5, 5.41) is 0. The number of aromatic nitrogens is 1. The van der Waals surface area contributed by atoms with Crippen molar-refractivity contribution in [2.24, 2.45) is 0 Å². The number of rotatable bonds is 6. The number of nitrogens with zero attached hydrogens (tertiary/aromatic N) is 2. The lowest BCUT2D eigenvalue weighted by Crippen LogP contribution is -2.28. The molecule has 0 N–H and O–H groups in total. The van der Waals surface area contributed by atoms with Crippen LogP contribution in [0.25, 0.3) is 5.57 Å². The molecule has 0 spiro atoms. The summed E-state index contributed by atoms with van der Waals surface area (Å²) >= 11 is 0. The lowest BCUT2D eigenvalue weighted by atomic mass is 9.94. The quantitative estimate of drug-likeness (QED) is 0.559. The summed E-state index contributed by atoms with van der Waals surface area (Å²) in [6.45, 7) is 13.7. The number of likely N-dealkylation sites (tertiary alicyclic amines) is 1. The zero-order valence-electron chi connectivity index (χ0n) is 16.7. The molecule has 0 amide bonds. The normalized spacial score (nSPS) is 18.0. The maximum absolute atomic E-state index is 4.56. The number of hydrogen-bond acceptors (Lipinski definition) is 2. The van der Waals surface area contributed by atoms with Crippen molar-refractivity contribution in [3.63, 3.8) is 0 Å². The third-order valence-electron chi connectivity index (χ3n) is 5.46. The Bertz CT molecular complexity index is 644. The molecule has 1 fully saturated rings. The number of piperidine rings is 1. The molecule has 1 saturated heterocycles. The molecule has 2 heteroatoms. The molecule has 25 heavy (non-hydrogen) atoms. The first kappa shape index (κ1) is 19.5. The molecule has 0 aliphatic carbocycles. The van der Waals surface area contributed by atoms with Crippen LogP contribution in [0.1, 0.15) is 72.4 Å². The Kier molecular flexibility index (Phi) is 7.49. The van der Waals surface area contributed by atoms with E-state index in [0.29, 0.717) is 0 Å². The third kappa shape index (κ3) is 5.07. The second kappa shape index (κ2) is 9.60. The fourth-order valence-electron chi connectivity index (χ4n) is 3.49. The summed E-state index contributed by atoms with van der Waals surface area (Å²) in [6, 6.07) is 6.17. The number of pyridine rings is 1. The Hall–Kier alpha value is -1.83. The van der Waals surface area contributed by atoms with Crippen LogP contribution in [-0.4, -0.2) is 23.0 Å². The highest BCUT2D eigenvalue weighted by atomic mass is 15.1. The number of hydrogen-bond donors (Lipinski definition) is 0. The molecular formula is C23H34N2. The van der Waals surface area contributed by atoms with Gasteiger partial charge in [-0.15, -0.1) is 0 Å². The van der Waals surface area contributed by atoms with Crippen LogP contribution in [0.3, 0.4) is 0 Å². The van der Waals surface area contributed by atoms with E-state index in [0.717, 1.165) is 18.5 Å². The molecule has 1 aromatic heterocycles. The molecule has 0 unspecified atom stereocenters. The van der Waals surface area contributed by atoms with Crippen molar-refractivity contribution >= 4 is 5.57 Å². The van der Waals surface area contributed by atoms with E-state index in [2.05, 4.69) is 62.7 Å². The zero-order chi connectivity index (χ0) is 18.2. The van der Waals surface area contributed by atoms with Gasteiger partial charge < -0.3 is 4.90 Å². The van der Waals surface area contributed by atoms with Gasteiger partial charge in [0.05, 0.1) is 5.69 Å². The van der Waals surface area contributed by atoms with Crippen LogP contribution in [-0.2, 0) is 0 Å². The maximum atomic E-state index is 4.56. The summed E-state index contributed by atoms with van der Waals surface area (Å²) in [5.41, 5.74) is 8.12. The van der Waals surface area contributed by atoms with Crippen molar-refractivity contribution in [2.45, 2.75) is 66.7 Å². The molecule has 2 heterocycles. The Balaban J connectivity index is 2.44. The fraction of sp³-hybridized carbons (Fsp3) is 0.522. The minimum absolute atomic E-state index is 0.994. The predicted molar refractivity (Wildman–Crippen MR) is 109 cm³/mol. The standard InChI is InChI=1S/C23H34N2/c1-6-18(3)22(17-21(7-2)23-13-9-10-14-24-23)19(4)20(5)25-15-11-8-12-16-25/h9-10,13-14,17H,6-8,11-12,15-16H2,1-5H3/b20-19+,21-17+,22-18?. The summed E-state index contributed by atoms with van der Waals surface area (Å²) in [4.78, 5) is 7.14. The first-order chi connectivity index (χ1) is 12.1. The van der Waals surface area contributed by atoms with Gasteiger partial charge in [0.2, 0.25) is 0 Å². The van der Waals surface area contributed by atoms with Crippen LogP contribution < -0.4 is 0 Å².